The van der Waals surface area contributed by atoms with Gasteiger partial charge in [0.1, 0.15) is 0 Å². The van der Waals surface area contributed by atoms with Gasteiger partial charge in [-0.25, -0.2) is 0 Å². The van der Waals surface area contributed by atoms with Crippen molar-refractivity contribution in [3.8, 4) is 0 Å². The van der Waals surface area contributed by atoms with E-state index in [9.17, 15) is 13.0 Å². The van der Waals surface area contributed by atoms with Gasteiger partial charge in [-0.1, -0.05) is 79.9 Å². The maximum Gasteiger partial charge on any atom is 0.341 e. The normalized spacial score (nSPS) is 27.0. The predicted molar refractivity (Wildman–Crippen MR) is 157 cm³/mol. The van der Waals surface area contributed by atoms with Crippen molar-refractivity contribution >= 4 is 21.0 Å². The highest BCUT2D eigenvalue weighted by Gasteiger charge is 2.89. The van der Waals surface area contributed by atoms with Crippen LogP contribution in [0.1, 0.15) is 74.8 Å². The molecule has 3 saturated carbocycles. The molecule has 6 rings (SSSR count). The van der Waals surface area contributed by atoms with Crippen LogP contribution in [0, 0.1) is 5.92 Å². The molecule has 0 radical (unpaired) electrons. The van der Waals surface area contributed by atoms with Crippen molar-refractivity contribution in [2.45, 2.75) is 94.8 Å². The number of benzene rings is 3. The van der Waals surface area contributed by atoms with E-state index in [0.717, 1.165) is 49.8 Å². The fourth-order valence-electron chi connectivity index (χ4n) is 8.04. The minimum Gasteiger partial charge on any atom is -0.285 e. The zero-order chi connectivity index (χ0) is 29.8. The van der Waals surface area contributed by atoms with Crippen molar-refractivity contribution in [1.82, 2.24) is 0 Å². The first-order valence-electron chi connectivity index (χ1n) is 14.6. The second-order valence-electron chi connectivity index (χ2n) is 12.1. The van der Waals surface area contributed by atoms with Crippen LogP contribution in [0.4, 0.5) is 17.6 Å². The molecular formula is C33H35F4O3S2+. The van der Waals surface area contributed by atoms with Crippen LogP contribution in [0.2, 0.25) is 0 Å². The van der Waals surface area contributed by atoms with Crippen molar-refractivity contribution in [3.63, 3.8) is 0 Å². The molecule has 3 aliphatic carbocycles. The van der Waals surface area contributed by atoms with E-state index in [4.69, 9.17) is 0 Å². The molecule has 9 heteroatoms. The largest absolute Gasteiger partial charge is 0.341 e. The average molecular weight is 620 g/mol. The lowest BCUT2D eigenvalue weighted by Crippen LogP contribution is -2.72. The van der Waals surface area contributed by atoms with Crippen LogP contribution in [-0.2, 0) is 26.9 Å². The monoisotopic (exact) mass is 619 g/mol. The molecular weight excluding hydrogens is 584 g/mol. The van der Waals surface area contributed by atoms with Crippen molar-refractivity contribution in [3.05, 3.63) is 96.1 Å². The van der Waals surface area contributed by atoms with Crippen LogP contribution in [0.15, 0.2) is 94.7 Å². The molecule has 3 fully saturated rings. The third-order valence-electron chi connectivity index (χ3n) is 9.93. The van der Waals surface area contributed by atoms with Gasteiger partial charge in [-0.2, -0.15) is 26.0 Å². The van der Waals surface area contributed by atoms with Gasteiger partial charge in [0.2, 0.25) is 4.75 Å². The summed E-state index contributed by atoms with van der Waals surface area (Å²) in [5.41, 5.74) is -0.111. The molecule has 3 aromatic carbocycles. The summed E-state index contributed by atoms with van der Waals surface area (Å²) in [5, 5.41) is 0. The van der Waals surface area contributed by atoms with E-state index in [1.54, 1.807) is 60.7 Å². The molecule has 0 heterocycles. The van der Waals surface area contributed by atoms with Crippen LogP contribution in [0.25, 0.3) is 0 Å². The third kappa shape index (κ3) is 4.36. The highest BCUT2D eigenvalue weighted by Crippen LogP contribution is 2.71. The summed E-state index contributed by atoms with van der Waals surface area (Å²) in [6, 6.07) is 22.3. The number of rotatable bonds is 8. The quantitative estimate of drug-likeness (QED) is 0.156. The lowest BCUT2D eigenvalue weighted by atomic mass is 9.77. The molecule has 3 atom stereocenters. The second kappa shape index (κ2) is 10.7. The lowest BCUT2D eigenvalue weighted by Gasteiger charge is -2.48. The Kier molecular flexibility index (Phi) is 7.54. The standard InChI is InChI=1S/C33H34F4O3S2/c34-32(35,27-18-16-26(17-19-27)25-10-4-1-5-11-25)33(36,37)31(42(38,39)40)23-24-20-21-30(31,22-24)41(28-12-6-2-7-13-28)29-14-8-3-9-15-29/h2-3,6-9,12-19,24-25H,1,4-5,10-11,20-23H2/p+1. The van der Waals surface area contributed by atoms with Crippen molar-refractivity contribution in [2.75, 3.05) is 0 Å². The van der Waals surface area contributed by atoms with Gasteiger partial charge in [-0.15, -0.1) is 0 Å². The number of hydrogen-bond donors (Lipinski definition) is 1. The van der Waals surface area contributed by atoms with Crippen molar-refractivity contribution in [2.24, 2.45) is 5.92 Å². The molecule has 0 spiro atoms. The maximum absolute atomic E-state index is 17.0. The van der Waals surface area contributed by atoms with E-state index in [2.05, 4.69) is 0 Å². The zero-order valence-electron chi connectivity index (χ0n) is 23.2. The van der Waals surface area contributed by atoms with Crippen LogP contribution in [-0.4, -0.2) is 28.4 Å². The molecule has 2 bridgehead atoms. The SMILES string of the molecule is O=S(=O)(O)C1(C(F)(F)C(F)(F)c2ccc(C3CCCCC3)cc2)CC2CCC1([S+](c1ccccc1)c1ccccc1)C2. The number of alkyl halides is 4. The predicted octanol–water partition coefficient (Wildman–Crippen LogP) is 8.77. The van der Waals surface area contributed by atoms with Gasteiger partial charge in [0.05, 0.1) is 10.9 Å². The summed E-state index contributed by atoms with van der Waals surface area (Å²) in [7, 11) is -7.07. The lowest BCUT2D eigenvalue weighted by molar-refractivity contribution is -0.240. The molecule has 42 heavy (non-hydrogen) atoms. The van der Waals surface area contributed by atoms with E-state index in [0.29, 0.717) is 16.2 Å². The summed E-state index contributed by atoms with van der Waals surface area (Å²) in [6.07, 6.45) is 4.72. The molecule has 3 aliphatic rings. The highest BCUT2D eigenvalue weighted by molar-refractivity contribution is 7.99. The van der Waals surface area contributed by atoms with Crippen LogP contribution in [0.5, 0.6) is 0 Å². The minimum atomic E-state index is -5.71. The minimum absolute atomic E-state index is 0.00593. The van der Waals surface area contributed by atoms with E-state index in [-0.39, 0.29) is 18.8 Å². The van der Waals surface area contributed by atoms with Gasteiger partial charge < -0.3 is 0 Å². The third-order valence-corrected chi connectivity index (χ3v) is 14.7. The van der Waals surface area contributed by atoms with Gasteiger partial charge in [0.15, 0.2) is 14.5 Å². The van der Waals surface area contributed by atoms with Crippen LogP contribution in [0.3, 0.4) is 0 Å². The highest BCUT2D eigenvalue weighted by atomic mass is 32.2. The van der Waals surface area contributed by atoms with Gasteiger partial charge in [0.25, 0.3) is 10.1 Å². The summed E-state index contributed by atoms with van der Waals surface area (Å²) >= 11 is 0. The molecule has 0 aliphatic heterocycles. The number of halogens is 4. The molecule has 224 valence electrons. The Morgan fingerprint density at radius 2 is 1.29 bits per heavy atom. The van der Waals surface area contributed by atoms with Crippen LogP contribution >= 0.6 is 0 Å². The Morgan fingerprint density at radius 3 is 1.79 bits per heavy atom. The molecule has 1 N–H and O–H groups in total. The fourth-order valence-corrected chi connectivity index (χ4v) is 13.5. The first-order valence-corrected chi connectivity index (χ1v) is 17.3. The van der Waals surface area contributed by atoms with E-state index < -0.39 is 60.3 Å². The molecule has 3 aromatic rings. The topological polar surface area (TPSA) is 54.4 Å². The summed E-state index contributed by atoms with van der Waals surface area (Å²) < 4.78 is 99.3. The van der Waals surface area contributed by atoms with Crippen molar-refractivity contribution < 1.29 is 30.5 Å². The van der Waals surface area contributed by atoms with Gasteiger partial charge in [-0.3, -0.25) is 4.55 Å². The Hall–Kier alpha value is -2.36. The Labute approximate surface area is 247 Å². The fraction of sp³-hybridized carbons (Fsp3) is 0.455. The molecule has 0 saturated heterocycles. The second-order valence-corrected chi connectivity index (χ2v) is 16.1. The summed E-state index contributed by atoms with van der Waals surface area (Å²) in [4.78, 5) is 1.16. The average Bonchev–Trinajstić information content (AvgIpc) is 3.57. The van der Waals surface area contributed by atoms with E-state index >= 15 is 17.6 Å². The Bertz CT molecular complexity index is 1470. The van der Waals surface area contributed by atoms with Gasteiger partial charge >= 0.3 is 11.8 Å². The summed E-state index contributed by atoms with van der Waals surface area (Å²) in [5.74, 6) is -10.3. The van der Waals surface area contributed by atoms with E-state index in [1.807, 2.05) is 0 Å². The maximum atomic E-state index is 17.0. The van der Waals surface area contributed by atoms with Crippen molar-refractivity contribution in [1.29, 1.82) is 0 Å². The molecule has 3 nitrogen and oxygen atoms in total. The first kappa shape index (κ1) is 29.7. The zero-order valence-corrected chi connectivity index (χ0v) is 24.8. The molecule has 3 unspecified atom stereocenters. The van der Waals surface area contributed by atoms with Gasteiger partial charge in [0, 0.05) is 18.4 Å². The number of fused-ring (bicyclic) bond motifs is 2. The Morgan fingerprint density at radius 1 is 0.738 bits per heavy atom. The molecule has 0 amide bonds. The summed E-state index contributed by atoms with van der Waals surface area (Å²) in [6.45, 7) is 0. The van der Waals surface area contributed by atoms with Gasteiger partial charge in [-0.05, 0) is 67.3 Å². The van der Waals surface area contributed by atoms with Crippen LogP contribution < -0.4 is 0 Å². The van der Waals surface area contributed by atoms with E-state index in [1.165, 1.54) is 12.1 Å². The number of hydrogen-bond acceptors (Lipinski definition) is 2. The first-order chi connectivity index (χ1) is 19.9. The molecule has 0 aromatic heterocycles. The smallest absolute Gasteiger partial charge is 0.285 e. The Balaban J connectivity index is 1.51.